The van der Waals surface area contributed by atoms with Gasteiger partial charge in [-0.2, -0.15) is 13.2 Å². The lowest BCUT2D eigenvalue weighted by atomic mass is 9.86. The van der Waals surface area contributed by atoms with E-state index in [-0.39, 0.29) is 17.7 Å². The summed E-state index contributed by atoms with van der Waals surface area (Å²) >= 11 is 0. The number of carbonyl (C=O) groups excluding carboxylic acids is 1. The van der Waals surface area contributed by atoms with E-state index in [0.717, 1.165) is 37.1 Å². The summed E-state index contributed by atoms with van der Waals surface area (Å²) in [5, 5.41) is 25.3. The highest BCUT2D eigenvalue weighted by atomic mass is 19.4. The number of aliphatic hydroxyl groups excluding tert-OH is 1. The lowest BCUT2D eigenvalue weighted by Crippen LogP contribution is -2.41. The molecule has 3 aromatic carbocycles. The number of rotatable bonds is 7. The summed E-state index contributed by atoms with van der Waals surface area (Å²) in [7, 11) is 0. The third-order valence-corrected chi connectivity index (χ3v) is 6.60. The van der Waals surface area contributed by atoms with Crippen molar-refractivity contribution in [1.82, 2.24) is 5.32 Å². The molecule has 0 radical (unpaired) electrons. The van der Waals surface area contributed by atoms with Gasteiger partial charge >= 0.3 is 6.18 Å². The number of nitrogens with zero attached hydrogens (tertiary/aromatic N) is 1. The molecule has 1 aliphatic rings. The first-order valence-corrected chi connectivity index (χ1v) is 11.7. The van der Waals surface area contributed by atoms with Crippen LogP contribution in [-0.2, 0) is 25.4 Å². The summed E-state index contributed by atoms with van der Waals surface area (Å²) in [4.78, 5) is 24.4. The highest BCUT2D eigenvalue weighted by molar-refractivity contribution is 5.97. The van der Waals surface area contributed by atoms with Crippen LogP contribution in [0.15, 0.2) is 60.7 Å². The van der Waals surface area contributed by atoms with Crippen LogP contribution < -0.4 is 5.32 Å². The average Bonchev–Trinajstić information content (AvgIpc) is 2.87. The number of halogens is 4. The van der Waals surface area contributed by atoms with E-state index in [1.54, 1.807) is 0 Å². The molecule has 0 saturated heterocycles. The monoisotopic (exact) mass is 516 g/mol. The Hall–Kier alpha value is -3.79. The minimum Gasteiger partial charge on any atom is -0.386 e. The fourth-order valence-electron chi connectivity index (χ4n) is 4.70. The van der Waals surface area contributed by atoms with Gasteiger partial charge in [0.1, 0.15) is 5.82 Å². The van der Waals surface area contributed by atoms with E-state index in [1.807, 2.05) is 0 Å². The lowest BCUT2D eigenvalue weighted by Gasteiger charge is -2.26. The van der Waals surface area contributed by atoms with Gasteiger partial charge in [0.15, 0.2) is 0 Å². The molecule has 2 atom stereocenters. The van der Waals surface area contributed by atoms with Crippen LogP contribution in [-0.4, -0.2) is 22.0 Å². The predicted octanol–water partition coefficient (Wildman–Crippen LogP) is 5.71. The zero-order chi connectivity index (χ0) is 26.7. The molecule has 0 bridgehead atoms. The fourth-order valence-corrected chi connectivity index (χ4v) is 4.70. The van der Waals surface area contributed by atoms with E-state index in [0.29, 0.717) is 35.1 Å². The molecule has 0 saturated carbocycles. The van der Waals surface area contributed by atoms with Crippen molar-refractivity contribution in [2.24, 2.45) is 0 Å². The average molecular weight is 516 g/mol. The Bertz CT molecular complexity index is 1290. The van der Waals surface area contributed by atoms with Gasteiger partial charge < -0.3 is 10.4 Å². The predicted molar refractivity (Wildman–Crippen MR) is 128 cm³/mol. The van der Waals surface area contributed by atoms with E-state index in [9.17, 15) is 37.6 Å². The Morgan fingerprint density at radius 3 is 2.19 bits per heavy atom. The largest absolute Gasteiger partial charge is 0.416 e. The molecular formula is C27H24F4N2O4. The second-order valence-electron chi connectivity index (χ2n) is 9.03. The first kappa shape index (κ1) is 26.3. The van der Waals surface area contributed by atoms with E-state index in [2.05, 4.69) is 5.32 Å². The Morgan fingerprint density at radius 2 is 1.59 bits per heavy atom. The molecule has 2 N–H and O–H groups in total. The van der Waals surface area contributed by atoms with Gasteiger partial charge in [-0.1, -0.05) is 24.3 Å². The van der Waals surface area contributed by atoms with Crippen molar-refractivity contribution >= 4 is 11.6 Å². The number of carbonyl (C=O) groups is 1. The minimum atomic E-state index is -4.51. The normalized spacial score (nSPS) is 14.9. The molecule has 0 aromatic heterocycles. The number of alkyl halides is 3. The van der Waals surface area contributed by atoms with Crippen LogP contribution >= 0.6 is 0 Å². The van der Waals surface area contributed by atoms with Crippen LogP contribution in [0.1, 0.15) is 57.1 Å². The molecule has 4 rings (SSSR count). The molecule has 194 valence electrons. The zero-order valence-electron chi connectivity index (χ0n) is 19.6. The number of benzene rings is 3. The molecule has 2 unspecified atom stereocenters. The quantitative estimate of drug-likeness (QED) is 0.239. The van der Waals surface area contributed by atoms with Crippen LogP contribution in [0.5, 0.6) is 0 Å². The van der Waals surface area contributed by atoms with Crippen molar-refractivity contribution in [2.45, 2.75) is 50.4 Å². The maximum absolute atomic E-state index is 13.4. The van der Waals surface area contributed by atoms with Crippen molar-refractivity contribution in [1.29, 1.82) is 0 Å². The van der Waals surface area contributed by atoms with Crippen molar-refractivity contribution in [3.63, 3.8) is 0 Å². The van der Waals surface area contributed by atoms with E-state index >= 15 is 0 Å². The molecule has 0 heterocycles. The molecule has 1 aliphatic carbocycles. The first-order chi connectivity index (χ1) is 17.5. The number of nitro groups is 1. The van der Waals surface area contributed by atoms with Crippen molar-refractivity contribution in [2.75, 3.05) is 0 Å². The maximum Gasteiger partial charge on any atom is 0.416 e. The number of nitrogens with one attached hydrogen (secondary N) is 1. The van der Waals surface area contributed by atoms with Crippen molar-refractivity contribution in [3.8, 4) is 0 Å². The van der Waals surface area contributed by atoms with Gasteiger partial charge in [-0.15, -0.1) is 0 Å². The second-order valence-corrected chi connectivity index (χ2v) is 9.03. The number of nitro benzene ring substituents is 1. The third-order valence-electron chi connectivity index (χ3n) is 6.60. The molecule has 0 fully saturated rings. The summed E-state index contributed by atoms with van der Waals surface area (Å²) in [6, 6.07) is 11.1. The Labute approximate surface area is 210 Å². The lowest BCUT2D eigenvalue weighted by molar-refractivity contribution is -0.385. The molecule has 1 amide bonds. The summed E-state index contributed by atoms with van der Waals surface area (Å²) in [6.45, 7) is 0. The standard InChI is InChI=1S/C27H24F4N2O4/c28-19-11-7-17(8-12-19)25(34)23(15-16-5-9-18(10-6-16)27(29,30)31)32-26(35)22-13-14-24(33(36)37)21-4-2-1-3-20(21)22/h5-14,23,25,34H,1-4,15H2,(H,32,35). The fraction of sp³-hybridized carbons (Fsp3) is 0.296. The number of amides is 1. The van der Waals surface area contributed by atoms with Crippen LogP contribution in [0, 0.1) is 15.9 Å². The van der Waals surface area contributed by atoms with E-state index in [1.165, 1.54) is 36.4 Å². The topological polar surface area (TPSA) is 92.5 Å². The summed E-state index contributed by atoms with van der Waals surface area (Å²) in [5.74, 6) is -1.08. The number of aliphatic hydroxyl groups is 1. The van der Waals surface area contributed by atoms with Gasteiger partial charge in [-0.25, -0.2) is 4.39 Å². The van der Waals surface area contributed by atoms with Gasteiger partial charge in [-0.05, 0) is 79.1 Å². The van der Waals surface area contributed by atoms with Gasteiger partial charge in [0.25, 0.3) is 11.6 Å². The number of fused-ring (bicyclic) bond motifs is 1. The summed E-state index contributed by atoms with van der Waals surface area (Å²) < 4.78 is 52.3. The second kappa shape index (κ2) is 10.7. The molecule has 0 aliphatic heterocycles. The van der Waals surface area contributed by atoms with Crippen LogP contribution in [0.2, 0.25) is 0 Å². The van der Waals surface area contributed by atoms with Gasteiger partial charge in [0.05, 0.1) is 22.6 Å². The first-order valence-electron chi connectivity index (χ1n) is 11.7. The summed E-state index contributed by atoms with van der Waals surface area (Å²) in [6.07, 6.45) is -3.34. The molecule has 10 heteroatoms. The Kier molecular flexibility index (Phi) is 7.58. The van der Waals surface area contributed by atoms with Crippen molar-refractivity contribution < 1.29 is 32.4 Å². The molecule has 6 nitrogen and oxygen atoms in total. The van der Waals surface area contributed by atoms with Gasteiger partial charge in [-0.3, -0.25) is 14.9 Å². The van der Waals surface area contributed by atoms with Crippen molar-refractivity contribution in [3.05, 3.63) is 110 Å². The molecule has 3 aromatic rings. The SMILES string of the molecule is O=C(NC(Cc1ccc(C(F)(F)F)cc1)C(O)c1ccc(F)cc1)c1ccc([N+](=O)[O-])c2c1CCCC2. The molecule has 0 spiro atoms. The van der Waals surface area contributed by atoms with Gasteiger partial charge in [0, 0.05) is 17.2 Å². The third kappa shape index (κ3) is 5.96. The number of hydrogen-bond donors (Lipinski definition) is 2. The van der Waals surface area contributed by atoms with Crippen LogP contribution in [0.25, 0.3) is 0 Å². The van der Waals surface area contributed by atoms with E-state index < -0.39 is 40.5 Å². The molecule has 37 heavy (non-hydrogen) atoms. The minimum absolute atomic E-state index is 0.0163. The Morgan fingerprint density at radius 1 is 0.973 bits per heavy atom. The van der Waals surface area contributed by atoms with Gasteiger partial charge in [0.2, 0.25) is 0 Å². The zero-order valence-corrected chi connectivity index (χ0v) is 19.6. The summed E-state index contributed by atoms with van der Waals surface area (Å²) in [5.41, 5.74) is 1.23. The van der Waals surface area contributed by atoms with Crippen LogP contribution in [0.4, 0.5) is 23.2 Å². The maximum atomic E-state index is 13.4. The highest BCUT2D eigenvalue weighted by Gasteiger charge is 2.31. The molecular weight excluding hydrogens is 492 g/mol. The highest BCUT2D eigenvalue weighted by Crippen LogP contribution is 2.33. The smallest absolute Gasteiger partial charge is 0.386 e. The Balaban J connectivity index is 1.65. The number of hydrogen-bond acceptors (Lipinski definition) is 4. The van der Waals surface area contributed by atoms with E-state index in [4.69, 9.17) is 0 Å². The van der Waals surface area contributed by atoms with Crippen LogP contribution in [0.3, 0.4) is 0 Å².